The normalized spacial score (nSPS) is 49.6. The molecule has 0 aromatic heterocycles. The molecule has 12 atom stereocenters. The number of hydrogen-bond acceptors (Lipinski definition) is 5. The maximum absolute atomic E-state index is 12.6. The van der Waals surface area contributed by atoms with Gasteiger partial charge in [-0.05, 0) is 118 Å². The molecule has 0 aromatic carbocycles. The van der Waals surface area contributed by atoms with Crippen LogP contribution in [0.3, 0.4) is 0 Å². The fourth-order valence-corrected chi connectivity index (χ4v) is 11.1. The van der Waals surface area contributed by atoms with Crippen LogP contribution >= 0.6 is 0 Å². The van der Waals surface area contributed by atoms with E-state index in [-0.39, 0.29) is 30.1 Å². The standard InChI is InChI=1S/C33H55N3O4/c1-20-9-14-33(39-18-20)21(2)30-27(40-33)16-26-24-8-7-22-15-23(35-29(38)17-28(37)34-19-36(5)6)10-12-31(22,3)25(24)11-13-32(26,30)4/h20-27,30H,7-19H2,1-6H3,(H,34,37)(H,35,38)/t20-,21+,22-,23?,24-,25+,26+,27+,30+,31+,32+,33-/m1/s1. The van der Waals surface area contributed by atoms with Gasteiger partial charge >= 0.3 is 0 Å². The van der Waals surface area contributed by atoms with E-state index in [1.807, 2.05) is 19.0 Å². The van der Waals surface area contributed by atoms with Gasteiger partial charge in [-0.3, -0.25) is 14.5 Å². The first-order chi connectivity index (χ1) is 18.9. The van der Waals surface area contributed by atoms with Crippen LogP contribution < -0.4 is 10.6 Å². The summed E-state index contributed by atoms with van der Waals surface area (Å²) in [5, 5.41) is 6.02. The Bertz CT molecular complexity index is 979. The number of fused-ring (bicyclic) bond motifs is 7. The Labute approximate surface area is 242 Å². The highest BCUT2D eigenvalue weighted by atomic mass is 16.7. The smallest absolute Gasteiger partial charge is 0.230 e. The lowest BCUT2D eigenvalue weighted by Gasteiger charge is -2.61. The van der Waals surface area contributed by atoms with E-state index in [1.165, 1.54) is 44.9 Å². The van der Waals surface area contributed by atoms with Gasteiger partial charge in [0.1, 0.15) is 6.42 Å². The summed E-state index contributed by atoms with van der Waals surface area (Å²) < 4.78 is 13.5. The van der Waals surface area contributed by atoms with E-state index < -0.39 is 0 Å². The van der Waals surface area contributed by atoms with E-state index in [0.29, 0.717) is 47.3 Å². The van der Waals surface area contributed by atoms with Gasteiger partial charge in [-0.2, -0.15) is 0 Å². The Kier molecular flexibility index (Phi) is 7.60. The van der Waals surface area contributed by atoms with Gasteiger partial charge in [0.2, 0.25) is 11.8 Å². The van der Waals surface area contributed by atoms with E-state index >= 15 is 0 Å². The first-order valence-electron chi connectivity index (χ1n) is 16.5. The summed E-state index contributed by atoms with van der Waals surface area (Å²) in [6, 6.07) is 0.201. The summed E-state index contributed by atoms with van der Waals surface area (Å²) in [5.41, 5.74) is 0.727. The number of amides is 2. The highest BCUT2D eigenvalue weighted by molar-refractivity contribution is 5.96. The molecule has 1 spiro atoms. The van der Waals surface area contributed by atoms with Gasteiger partial charge in [0, 0.05) is 18.4 Å². The minimum atomic E-state index is -0.327. The molecule has 0 radical (unpaired) electrons. The van der Waals surface area contributed by atoms with Crippen LogP contribution in [0.25, 0.3) is 0 Å². The zero-order valence-electron chi connectivity index (χ0n) is 26.0. The molecule has 7 nitrogen and oxygen atoms in total. The first-order valence-corrected chi connectivity index (χ1v) is 16.5. The zero-order valence-corrected chi connectivity index (χ0v) is 26.0. The van der Waals surface area contributed by atoms with Crippen molar-refractivity contribution in [1.82, 2.24) is 15.5 Å². The molecule has 2 amide bonds. The molecule has 40 heavy (non-hydrogen) atoms. The molecule has 4 saturated carbocycles. The van der Waals surface area contributed by atoms with Gasteiger partial charge < -0.3 is 20.1 Å². The third kappa shape index (κ3) is 4.74. The predicted molar refractivity (Wildman–Crippen MR) is 155 cm³/mol. The second kappa shape index (κ2) is 10.5. The van der Waals surface area contributed by atoms with Crippen molar-refractivity contribution in [2.75, 3.05) is 27.4 Å². The second-order valence-electron chi connectivity index (χ2n) is 15.7. The Morgan fingerprint density at radius 1 is 0.900 bits per heavy atom. The number of hydrogen-bond donors (Lipinski definition) is 2. The minimum absolute atomic E-state index is 0.0780. The summed E-state index contributed by atoms with van der Waals surface area (Å²) >= 11 is 0. The number of ether oxygens (including phenoxy) is 2. The number of carbonyl (C=O) groups excluding carboxylic acids is 2. The number of rotatable bonds is 5. The molecule has 4 aliphatic carbocycles. The van der Waals surface area contributed by atoms with Crippen LogP contribution in [0.15, 0.2) is 0 Å². The minimum Gasteiger partial charge on any atom is -0.353 e. The Morgan fingerprint density at radius 2 is 1.68 bits per heavy atom. The molecule has 6 fully saturated rings. The molecule has 2 aliphatic heterocycles. The topological polar surface area (TPSA) is 79.9 Å². The highest BCUT2D eigenvalue weighted by Crippen LogP contribution is 2.71. The average Bonchev–Trinajstić information content (AvgIpc) is 3.34. The van der Waals surface area contributed by atoms with Crippen LogP contribution in [-0.2, 0) is 19.1 Å². The van der Waals surface area contributed by atoms with Crippen LogP contribution in [0.5, 0.6) is 0 Å². The van der Waals surface area contributed by atoms with Crippen molar-refractivity contribution in [3.8, 4) is 0 Å². The van der Waals surface area contributed by atoms with Gasteiger partial charge in [-0.1, -0.05) is 27.7 Å². The Morgan fingerprint density at radius 3 is 2.40 bits per heavy atom. The molecule has 226 valence electrons. The summed E-state index contributed by atoms with van der Waals surface area (Å²) in [6.07, 6.45) is 12.4. The summed E-state index contributed by atoms with van der Waals surface area (Å²) in [5.74, 6) is 4.10. The fraction of sp³-hybridized carbons (Fsp3) is 0.939. The maximum atomic E-state index is 12.6. The summed E-state index contributed by atoms with van der Waals surface area (Å²) in [7, 11) is 3.80. The van der Waals surface area contributed by atoms with E-state index in [4.69, 9.17) is 9.47 Å². The molecular formula is C33H55N3O4. The molecule has 7 heteroatoms. The molecule has 0 bridgehead atoms. The van der Waals surface area contributed by atoms with E-state index in [9.17, 15) is 9.59 Å². The van der Waals surface area contributed by atoms with Gasteiger partial charge in [0.15, 0.2) is 5.79 Å². The van der Waals surface area contributed by atoms with E-state index in [0.717, 1.165) is 43.6 Å². The van der Waals surface area contributed by atoms with E-state index in [1.54, 1.807) is 0 Å². The number of nitrogens with zero attached hydrogens (tertiary/aromatic N) is 1. The van der Waals surface area contributed by atoms with Crippen molar-refractivity contribution in [1.29, 1.82) is 0 Å². The van der Waals surface area contributed by atoms with Crippen molar-refractivity contribution >= 4 is 11.8 Å². The van der Waals surface area contributed by atoms with Gasteiger partial charge in [-0.15, -0.1) is 0 Å². The Hall–Kier alpha value is -1.18. The maximum Gasteiger partial charge on any atom is 0.230 e. The molecule has 2 heterocycles. The first kappa shape index (κ1) is 28.9. The molecule has 0 aromatic rings. The second-order valence-corrected chi connectivity index (χ2v) is 15.7. The lowest BCUT2D eigenvalue weighted by molar-refractivity contribution is -0.273. The average molecular weight is 558 g/mol. The summed E-state index contributed by atoms with van der Waals surface area (Å²) in [4.78, 5) is 26.7. The van der Waals surface area contributed by atoms with Crippen molar-refractivity contribution < 1.29 is 19.1 Å². The van der Waals surface area contributed by atoms with Gasteiger partial charge in [-0.25, -0.2) is 0 Å². The molecule has 1 unspecified atom stereocenters. The quantitative estimate of drug-likeness (QED) is 0.370. The predicted octanol–water partition coefficient (Wildman–Crippen LogP) is 4.94. The molecule has 2 N–H and O–H groups in total. The third-order valence-corrected chi connectivity index (χ3v) is 13.2. The van der Waals surface area contributed by atoms with Crippen LogP contribution in [-0.4, -0.2) is 62.0 Å². The third-order valence-electron chi connectivity index (χ3n) is 13.2. The van der Waals surface area contributed by atoms with Crippen LogP contribution in [0.2, 0.25) is 0 Å². The molecule has 2 saturated heterocycles. The van der Waals surface area contributed by atoms with Gasteiger partial charge in [0.05, 0.1) is 19.4 Å². The number of nitrogens with one attached hydrogen (secondary N) is 2. The van der Waals surface area contributed by atoms with Crippen LogP contribution in [0.4, 0.5) is 0 Å². The lowest BCUT2D eigenvalue weighted by Crippen LogP contribution is -2.56. The van der Waals surface area contributed by atoms with Crippen LogP contribution in [0.1, 0.15) is 98.3 Å². The molecule has 6 aliphatic rings. The van der Waals surface area contributed by atoms with Crippen molar-refractivity contribution in [3.63, 3.8) is 0 Å². The monoisotopic (exact) mass is 557 g/mol. The van der Waals surface area contributed by atoms with Gasteiger partial charge in [0.25, 0.3) is 0 Å². The van der Waals surface area contributed by atoms with Crippen LogP contribution in [0, 0.1) is 52.3 Å². The van der Waals surface area contributed by atoms with Crippen molar-refractivity contribution in [3.05, 3.63) is 0 Å². The highest BCUT2D eigenvalue weighted by Gasteiger charge is 2.69. The van der Waals surface area contributed by atoms with Crippen molar-refractivity contribution in [2.24, 2.45) is 52.3 Å². The fourth-order valence-electron chi connectivity index (χ4n) is 11.1. The molecular weight excluding hydrogens is 502 g/mol. The Balaban J connectivity index is 1.08. The SMILES string of the molecule is C[C@@H]1CC[C@@]2(OC1)O[C@H]1C[C@H]3[C@@H]4CC[C@@H]5CC(NC(=O)CC(=O)NCN(C)C)CC[C@]5(C)[C@H]4CC[C@]3(C)[C@H]1[C@@H]2C. The summed E-state index contributed by atoms with van der Waals surface area (Å²) in [6.45, 7) is 11.3. The zero-order chi connectivity index (χ0) is 28.4. The largest absolute Gasteiger partial charge is 0.353 e. The number of carbonyl (C=O) groups is 2. The van der Waals surface area contributed by atoms with Crippen molar-refractivity contribution in [2.45, 2.75) is 116 Å². The van der Waals surface area contributed by atoms with E-state index in [2.05, 4.69) is 38.3 Å². The lowest BCUT2D eigenvalue weighted by atomic mass is 9.44. The molecule has 6 rings (SSSR count).